The van der Waals surface area contributed by atoms with Gasteiger partial charge in [0.1, 0.15) is 0 Å². The summed E-state index contributed by atoms with van der Waals surface area (Å²) in [6.45, 7) is 37.8. The minimum Gasteiger partial charge on any atom is -0.358 e. The Morgan fingerprint density at radius 3 is 1.09 bits per heavy atom. The van der Waals surface area contributed by atoms with E-state index >= 15 is 0 Å². The summed E-state index contributed by atoms with van der Waals surface area (Å²) in [5, 5.41) is 0. The van der Waals surface area contributed by atoms with Crippen LogP contribution >= 0.6 is 63.2 Å². The molecule has 0 fully saturated rings. The van der Waals surface area contributed by atoms with Gasteiger partial charge in [0.05, 0.1) is 30.5 Å². The molecule has 0 aliphatic carbocycles. The third-order valence-electron chi connectivity index (χ3n) is 16.1. The third kappa shape index (κ3) is 69.0. The van der Waals surface area contributed by atoms with Gasteiger partial charge in [-0.15, -0.1) is 35.4 Å². The van der Waals surface area contributed by atoms with Crippen molar-refractivity contribution >= 4 is 63.2 Å². The Bertz CT molecular complexity index is 2850. The quantitative estimate of drug-likeness (QED) is 0.0191. The van der Waals surface area contributed by atoms with Gasteiger partial charge in [-0.2, -0.15) is 36.1 Å². The van der Waals surface area contributed by atoms with Crippen LogP contribution in [0.4, 0.5) is 0 Å². The summed E-state index contributed by atoms with van der Waals surface area (Å²) >= 11 is 0. The summed E-state index contributed by atoms with van der Waals surface area (Å²) in [6.07, 6.45) is 77.3. The monoisotopic (exact) mass is 2290 g/mol. The van der Waals surface area contributed by atoms with Gasteiger partial charge in [0.15, 0.2) is 0 Å². The predicted octanol–water partition coefficient (Wildman–Crippen LogP) is 30.9. The summed E-state index contributed by atoms with van der Waals surface area (Å²) in [5.41, 5.74) is 11.0. The van der Waals surface area contributed by atoms with Crippen molar-refractivity contribution in [2.45, 2.75) is 263 Å². The molecule has 0 aromatic heterocycles. The molecule has 606 valence electrons. The first-order valence-corrected chi connectivity index (χ1v) is 46.5. The molecule has 0 radical (unpaired) electrons. The first-order valence-electron chi connectivity index (χ1n) is 39.7. The molecule has 0 bridgehead atoms. The Hall–Kier alpha value is -0.664. The normalized spacial score (nSPS) is 13.3. The van der Waals surface area contributed by atoms with Gasteiger partial charge in [0.25, 0.3) is 0 Å². The zero-order valence-corrected chi connectivity index (χ0v) is 90.7. The van der Waals surface area contributed by atoms with E-state index in [2.05, 4.69) is 386 Å². The van der Waals surface area contributed by atoms with E-state index in [1.165, 1.54) is 70.2 Å². The minimum atomic E-state index is 0. The fourth-order valence-electron chi connectivity index (χ4n) is 10.4. The molecule has 4 rings (SSSR count). The van der Waals surface area contributed by atoms with Crippen molar-refractivity contribution < 1.29 is 116 Å². The fourth-order valence-corrected chi connectivity index (χ4v) is 13.0. The van der Waals surface area contributed by atoms with E-state index in [1.807, 2.05) is 33.8 Å². The second-order valence-corrected chi connectivity index (χ2v) is 28.6. The van der Waals surface area contributed by atoms with Crippen LogP contribution in [0.25, 0.3) is 0 Å². The molecule has 109 heavy (non-hydrogen) atoms. The van der Waals surface area contributed by atoms with Crippen LogP contribution < -0.4 is 0 Å². The molecule has 4 aromatic carbocycles. The molecule has 0 amide bonds. The zero-order valence-electron chi connectivity index (χ0n) is 70.4. The van der Waals surface area contributed by atoms with Crippen LogP contribution in [0.15, 0.2) is 243 Å². The Labute approximate surface area is 759 Å². The molecule has 0 spiro atoms. The van der Waals surface area contributed by atoms with Crippen molar-refractivity contribution in [2.24, 2.45) is 17.8 Å². The number of aryl methyl sites for hydroxylation is 2. The van der Waals surface area contributed by atoms with Gasteiger partial charge in [0.2, 0.25) is 0 Å². The SMILES string of the molecule is CC.CC.CCCCC(/C=C/C=C\CCc1ccccc1C(CC)OPP)OP.CCCCC(C=CC=CCCc1ccccc1C(CC)OPP)OP.C[CH-]c1ccccc1C/C=C/C(C)C.C[CH-]c1ccccc1CC=CC(C)C.[CH2-]/C=C\CC(C)/C=C/C=C\C/C=C\C/C=C\C=C\C(CCC)OP.[U].[U].[U]. The number of hydrogen-bond donors (Lipinski definition) is 0. The Balaban J connectivity index is -0.000000304. The molecule has 5 nitrogen and oxygen atoms in total. The third-order valence-corrected chi connectivity index (χ3v) is 18.9. The maximum atomic E-state index is 5.88. The van der Waals surface area contributed by atoms with Crippen molar-refractivity contribution in [3.05, 3.63) is 307 Å². The van der Waals surface area contributed by atoms with Gasteiger partial charge in [-0.3, -0.25) is 0 Å². The van der Waals surface area contributed by atoms with Crippen LogP contribution in [0.3, 0.4) is 0 Å². The maximum Gasteiger partial charge on any atom is 0.0868 e. The first kappa shape index (κ1) is 119. The van der Waals surface area contributed by atoms with Crippen molar-refractivity contribution in [3.63, 3.8) is 0 Å². The zero-order chi connectivity index (χ0) is 79.3. The number of benzene rings is 4. The molecular formula is C94H150O5P7U3-3. The van der Waals surface area contributed by atoms with Crippen molar-refractivity contribution in [1.82, 2.24) is 0 Å². The van der Waals surface area contributed by atoms with Crippen LogP contribution in [-0.4, -0.2) is 18.3 Å². The summed E-state index contributed by atoms with van der Waals surface area (Å²) < 4.78 is 27.8. The molecular weight excluding hydrogens is 2140 g/mol. The first-order chi connectivity index (χ1) is 51.7. The van der Waals surface area contributed by atoms with E-state index in [0.717, 1.165) is 96.3 Å². The number of hydrogen-bond acceptors (Lipinski definition) is 5. The maximum absolute atomic E-state index is 5.88. The van der Waals surface area contributed by atoms with Gasteiger partial charge in [-0.25, -0.2) is 19.1 Å². The fraction of sp³-hybridized carbons (Fsp3) is 0.457. The van der Waals surface area contributed by atoms with Crippen molar-refractivity contribution in [2.75, 3.05) is 0 Å². The van der Waals surface area contributed by atoms with Crippen molar-refractivity contribution in [1.29, 1.82) is 0 Å². The van der Waals surface area contributed by atoms with E-state index < -0.39 is 0 Å². The summed E-state index contributed by atoms with van der Waals surface area (Å²) in [4.78, 5) is 0. The molecule has 0 heterocycles. The summed E-state index contributed by atoms with van der Waals surface area (Å²) in [7, 11) is 13.3. The second kappa shape index (κ2) is 91.2. The molecule has 0 aliphatic rings. The minimum absolute atomic E-state index is 0. The standard InChI is InChI=1S/C22H34OP.2C20H33O2P3.2C14H19.2C2H6.3U/c1-4-6-18-21(3)19-15-13-11-9-7-8-10-12-14-16-20-22(23-24)17-5-2;2*1-3-5-14-18(21-23)15-9-7-6-8-12-17-13-10-11-16-19(17)20(4-2)22-25-24;2*1-4-13-9-5-6-10-14(13)11-7-8-12(2)3;2*1-2;;;/h4,6-8,11-16,19-22H,1,5,9-10,17-18,24H2,2-3H3;2*6-7,9-11,13,15-16,18,20,25H,3-5,8,12,14,23-24H2,1-2H3;2*4-10,12H,11H2,1-3H3;2*1-2H3;;;/q-1;;;2*-1;;;;;/b6-4-,8-7-,13-11-,14-12-,19-15+,20-16+;7-6-,15-9+;;8-7+;;;;;;. The van der Waals surface area contributed by atoms with Gasteiger partial charge in [-0.1, -0.05) is 374 Å². The molecule has 0 saturated carbocycles. The van der Waals surface area contributed by atoms with E-state index in [0.29, 0.717) is 34.7 Å². The number of unbranched alkanes of at least 4 members (excludes halogenated alkanes) is 2. The van der Waals surface area contributed by atoms with Crippen LogP contribution in [0.1, 0.15) is 264 Å². The van der Waals surface area contributed by atoms with Gasteiger partial charge in [-0.05, 0) is 111 Å². The Morgan fingerprint density at radius 2 is 0.761 bits per heavy atom. The molecule has 13 atom stereocenters. The molecule has 0 N–H and O–H groups in total. The molecule has 15 heteroatoms. The van der Waals surface area contributed by atoms with Crippen LogP contribution in [0.2, 0.25) is 0 Å². The molecule has 4 aromatic rings. The van der Waals surface area contributed by atoms with Gasteiger partial charge in [0, 0.05) is 139 Å². The van der Waals surface area contributed by atoms with Crippen molar-refractivity contribution in [3.8, 4) is 0 Å². The topological polar surface area (TPSA) is 46.2 Å². The van der Waals surface area contributed by atoms with E-state index in [1.54, 1.807) is 0 Å². The van der Waals surface area contributed by atoms with Gasteiger partial charge >= 0.3 is 0 Å². The summed E-state index contributed by atoms with van der Waals surface area (Å²) in [5.74, 6) is 1.86. The van der Waals surface area contributed by atoms with Crippen LogP contribution in [0.5, 0.6) is 0 Å². The van der Waals surface area contributed by atoms with Crippen LogP contribution in [-0.2, 0) is 48.3 Å². The second-order valence-electron chi connectivity index (χ2n) is 25.4. The number of allylic oxidation sites excluding steroid dienone is 21. The van der Waals surface area contributed by atoms with Gasteiger partial charge < -0.3 is 22.6 Å². The van der Waals surface area contributed by atoms with E-state index in [9.17, 15) is 0 Å². The Morgan fingerprint density at radius 1 is 0.413 bits per heavy atom. The molecule has 0 aliphatic heterocycles. The predicted molar refractivity (Wildman–Crippen MR) is 500 cm³/mol. The van der Waals surface area contributed by atoms with Crippen LogP contribution in [0, 0.1) is 131 Å². The average Bonchev–Trinajstić information content (AvgIpc) is 0.851. The average molecular weight is 2290 g/mol. The van der Waals surface area contributed by atoms with E-state index in [4.69, 9.17) is 22.6 Å². The number of rotatable bonds is 47. The molecule has 13 unspecified atom stereocenters. The van der Waals surface area contributed by atoms with E-state index in [-0.39, 0.29) is 124 Å². The smallest absolute Gasteiger partial charge is 0.0868 e. The largest absolute Gasteiger partial charge is 0.358 e. The molecule has 0 saturated heterocycles. The Kier molecular flexibility index (Phi) is 99.8. The summed E-state index contributed by atoms with van der Waals surface area (Å²) in [6, 6.07) is 34.4.